The minimum absolute atomic E-state index is 0.890. The lowest BCUT2D eigenvalue weighted by atomic mass is 10.0. The molecule has 3 heteroatoms. The van der Waals surface area contributed by atoms with Crippen molar-refractivity contribution in [1.29, 1.82) is 0 Å². The van der Waals surface area contributed by atoms with Gasteiger partial charge < -0.3 is 15.4 Å². The van der Waals surface area contributed by atoms with Crippen LogP contribution in [0.1, 0.15) is 32.1 Å². The van der Waals surface area contributed by atoms with Gasteiger partial charge in [-0.25, -0.2) is 0 Å². The van der Waals surface area contributed by atoms with Crippen molar-refractivity contribution in [3.63, 3.8) is 0 Å². The molecule has 1 unspecified atom stereocenters. The van der Waals surface area contributed by atoms with Crippen molar-refractivity contribution in [3.05, 3.63) is 0 Å². The number of hydrogen-bond donors (Lipinski definition) is 2. The topological polar surface area (TPSA) is 33.3 Å². The molecule has 0 spiro atoms. The van der Waals surface area contributed by atoms with Gasteiger partial charge in [-0.1, -0.05) is 0 Å². The van der Waals surface area contributed by atoms with E-state index in [2.05, 4.69) is 10.6 Å². The summed E-state index contributed by atoms with van der Waals surface area (Å²) in [6.45, 7) is 6.54. The van der Waals surface area contributed by atoms with Crippen LogP contribution in [-0.4, -0.2) is 39.4 Å². The van der Waals surface area contributed by atoms with Gasteiger partial charge in [0.2, 0.25) is 0 Å². The second-order valence-electron chi connectivity index (χ2n) is 5.27. The molecule has 0 radical (unpaired) electrons. The van der Waals surface area contributed by atoms with E-state index in [9.17, 15) is 0 Å². The van der Waals surface area contributed by atoms with Crippen molar-refractivity contribution in [2.75, 3.05) is 39.4 Å². The van der Waals surface area contributed by atoms with Crippen LogP contribution in [0.2, 0.25) is 0 Å². The molecule has 1 heterocycles. The van der Waals surface area contributed by atoms with E-state index in [4.69, 9.17) is 4.74 Å². The molecule has 0 amide bonds. The fourth-order valence-corrected chi connectivity index (χ4v) is 2.28. The van der Waals surface area contributed by atoms with Crippen molar-refractivity contribution in [1.82, 2.24) is 10.6 Å². The summed E-state index contributed by atoms with van der Waals surface area (Å²) in [6, 6.07) is 0. The van der Waals surface area contributed by atoms with Crippen LogP contribution < -0.4 is 10.6 Å². The average molecular weight is 226 g/mol. The summed E-state index contributed by atoms with van der Waals surface area (Å²) in [6.07, 6.45) is 6.86. The Labute approximate surface area is 99.3 Å². The second kappa shape index (κ2) is 7.25. The number of hydrogen-bond acceptors (Lipinski definition) is 3. The molecule has 0 bridgehead atoms. The molecule has 1 saturated heterocycles. The van der Waals surface area contributed by atoms with Gasteiger partial charge in [0, 0.05) is 13.2 Å². The molecule has 1 aliphatic carbocycles. The summed E-state index contributed by atoms with van der Waals surface area (Å²) < 4.78 is 5.57. The van der Waals surface area contributed by atoms with Crippen molar-refractivity contribution in [3.8, 4) is 0 Å². The maximum atomic E-state index is 5.57. The third-order valence-electron chi connectivity index (χ3n) is 3.60. The van der Waals surface area contributed by atoms with Gasteiger partial charge in [-0.15, -0.1) is 0 Å². The van der Waals surface area contributed by atoms with E-state index in [0.717, 1.165) is 38.1 Å². The van der Waals surface area contributed by atoms with Crippen molar-refractivity contribution < 1.29 is 4.74 Å². The number of rotatable bonds is 9. The zero-order valence-corrected chi connectivity index (χ0v) is 10.3. The highest BCUT2D eigenvalue weighted by Gasteiger charge is 2.20. The Kier molecular flexibility index (Phi) is 5.59. The Morgan fingerprint density at radius 2 is 2.06 bits per heavy atom. The Bertz CT molecular complexity index is 177. The molecule has 2 aliphatic rings. The lowest BCUT2D eigenvalue weighted by Crippen LogP contribution is -2.22. The molecule has 1 aliphatic heterocycles. The van der Waals surface area contributed by atoms with Gasteiger partial charge in [-0.05, 0) is 63.6 Å². The monoisotopic (exact) mass is 226 g/mol. The first-order valence-electron chi connectivity index (χ1n) is 6.94. The van der Waals surface area contributed by atoms with Crippen LogP contribution in [0.15, 0.2) is 0 Å². The van der Waals surface area contributed by atoms with Crippen molar-refractivity contribution in [2.45, 2.75) is 32.1 Å². The molecule has 0 aromatic heterocycles. The Hall–Kier alpha value is -0.120. The normalized spacial score (nSPS) is 25.1. The van der Waals surface area contributed by atoms with E-state index in [1.807, 2.05) is 0 Å². The lowest BCUT2D eigenvalue weighted by molar-refractivity contribution is 0.126. The first-order chi connectivity index (χ1) is 7.95. The van der Waals surface area contributed by atoms with Crippen LogP contribution in [-0.2, 0) is 4.74 Å². The first-order valence-corrected chi connectivity index (χ1v) is 6.94. The highest BCUT2D eigenvalue weighted by molar-refractivity contribution is 4.72. The summed E-state index contributed by atoms with van der Waals surface area (Å²) in [4.78, 5) is 0. The fraction of sp³-hybridized carbons (Fsp3) is 1.00. The standard InChI is InChI=1S/C13H26N2O/c1(2-12-5-7-15-10-12)6-14-8-9-16-11-13-3-4-13/h12-15H,1-11H2. The van der Waals surface area contributed by atoms with Crippen LogP contribution in [0.25, 0.3) is 0 Å². The summed E-state index contributed by atoms with van der Waals surface area (Å²) in [5.74, 6) is 1.84. The van der Waals surface area contributed by atoms with E-state index in [-0.39, 0.29) is 0 Å². The molecule has 1 saturated carbocycles. The molecular weight excluding hydrogens is 200 g/mol. The minimum Gasteiger partial charge on any atom is -0.380 e. The maximum absolute atomic E-state index is 5.57. The van der Waals surface area contributed by atoms with Gasteiger partial charge in [-0.3, -0.25) is 0 Å². The van der Waals surface area contributed by atoms with Gasteiger partial charge in [0.15, 0.2) is 0 Å². The molecular formula is C13H26N2O. The predicted octanol–water partition coefficient (Wildman–Crippen LogP) is 1.39. The predicted molar refractivity (Wildman–Crippen MR) is 66.6 cm³/mol. The van der Waals surface area contributed by atoms with E-state index >= 15 is 0 Å². The first kappa shape index (κ1) is 12.3. The highest BCUT2D eigenvalue weighted by Crippen LogP contribution is 2.28. The van der Waals surface area contributed by atoms with Crippen LogP contribution in [0.4, 0.5) is 0 Å². The highest BCUT2D eigenvalue weighted by atomic mass is 16.5. The summed E-state index contributed by atoms with van der Waals surface area (Å²) in [5.41, 5.74) is 0. The van der Waals surface area contributed by atoms with Gasteiger partial charge in [0.25, 0.3) is 0 Å². The molecule has 2 rings (SSSR count). The van der Waals surface area contributed by atoms with Crippen LogP contribution in [0, 0.1) is 11.8 Å². The molecule has 2 N–H and O–H groups in total. The number of ether oxygens (including phenoxy) is 1. The van der Waals surface area contributed by atoms with Gasteiger partial charge in [0.1, 0.15) is 0 Å². The average Bonchev–Trinajstić information content (AvgIpc) is 2.97. The van der Waals surface area contributed by atoms with Gasteiger partial charge >= 0.3 is 0 Å². The summed E-state index contributed by atoms with van der Waals surface area (Å²) >= 11 is 0. The minimum atomic E-state index is 0.890. The Balaban J connectivity index is 1.29. The molecule has 2 fully saturated rings. The van der Waals surface area contributed by atoms with E-state index < -0.39 is 0 Å². The summed E-state index contributed by atoms with van der Waals surface area (Å²) in [5, 5.41) is 6.88. The molecule has 0 aromatic carbocycles. The van der Waals surface area contributed by atoms with E-state index in [1.165, 1.54) is 45.2 Å². The van der Waals surface area contributed by atoms with Crippen molar-refractivity contribution >= 4 is 0 Å². The smallest absolute Gasteiger partial charge is 0.0591 e. The molecule has 94 valence electrons. The largest absolute Gasteiger partial charge is 0.380 e. The Morgan fingerprint density at radius 3 is 2.81 bits per heavy atom. The van der Waals surface area contributed by atoms with E-state index in [0.29, 0.717) is 0 Å². The third-order valence-corrected chi connectivity index (χ3v) is 3.60. The van der Waals surface area contributed by atoms with E-state index in [1.54, 1.807) is 0 Å². The Morgan fingerprint density at radius 1 is 1.12 bits per heavy atom. The number of nitrogens with one attached hydrogen (secondary N) is 2. The fourth-order valence-electron chi connectivity index (χ4n) is 2.28. The third kappa shape index (κ3) is 5.28. The molecule has 1 atom stereocenters. The van der Waals surface area contributed by atoms with Crippen molar-refractivity contribution in [2.24, 2.45) is 11.8 Å². The maximum Gasteiger partial charge on any atom is 0.0591 e. The second-order valence-corrected chi connectivity index (χ2v) is 5.27. The lowest BCUT2D eigenvalue weighted by Gasteiger charge is -2.08. The van der Waals surface area contributed by atoms with Crippen LogP contribution in [0.3, 0.4) is 0 Å². The van der Waals surface area contributed by atoms with Crippen LogP contribution >= 0.6 is 0 Å². The quantitative estimate of drug-likeness (QED) is 0.583. The molecule has 0 aromatic rings. The molecule has 16 heavy (non-hydrogen) atoms. The zero-order valence-electron chi connectivity index (χ0n) is 10.3. The summed E-state index contributed by atoms with van der Waals surface area (Å²) in [7, 11) is 0. The SMILES string of the molecule is C(CNCCOCC1CC1)CC1CCNC1. The van der Waals surface area contributed by atoms with Gasteiger partial charge in [-0.2, -0.15) is 0 Å². The molecule has 3 nitrogen and oxygen atoms in total. The van der Waals surface area contributed by atoms with Crippen LogP contribution in [0.5, 0.6) is 0 Å². The van der Waals surface area contributed by atoms with Gasteiger partial charge in [0.05, 0.1) is 6.61 Å². The zero-order chi connectivity index (χ0) is 11.1.